The molecule has 14 heavy (non-hydrogen) atoms. The quantitative estimate of drug-likeness (QED) is 0.591. The number of alkyl halides is 1. The maximum absolute atomic E-state index is 13.5. The first-order valence-electron chi connectivity index (χ1n) is 3.75. The van der Waals surface area contributed by atoms with Gasteiger partial charge in [0.25, 0.3) is 0 Å². The van der Waals surface area contributed by atoms with Crippen LogP contribution in [-0.4, -0.2) is 16.5 Å². The number of phenols is 2. The molecule has 1 unspecified atom stereocenters. The lowest BCUT2D eigenvalue weighted by molar-refractivity contribution is -0.117. The van der Waals surface area contributed by atoms with Crippen molar-refractivity contribution in [3.8, 4) is 11.5 Å². The van der Waals surface area contributed by atoms with Crippen LogP contribution in [0.1, 0.15) is 12.5 Å². The predicted octanol–water partition coefficient (Wildman–Crippen LogP) is 2.13. The maximum Gasteiger partial charge on any atom is 0.189 e. The van der Waals surface area contributed by atoms with Crippen LogP contribution in [-0.2, 0) is 10.5 Å². The number of phenolic OH excluding ortho intramolecular Hbond substituents is 2. The van der Waals surface area contributed by atoms with E-state index in [1.54, 1.807) is 0 Å². The largest absolute Gasteiger partial charge is 0.504 e. The molecule has 2 N–H and O–H groups in total. The van der Waals surface area contributed by atoms with Gasteiger partial charge < -0.3 is 10.2 Å². The SMILES string of the molecule is CC(F)(C=O)c1cc(O)c(O)cc1Cl. The molecule has 1 rings (SSSR count). The summed E-state index contributed by atoms with van der Waals surface area (Å²) in [6.07, 6.45) is 0.0741. The monoisotopic (exact) mass is 218 g/mol. The summed E-state index contributed by atoms with van der Waals surface area (Å²) in [4.78, 5) is 10.4. The van der Waals surface area contributed by atoms with E-state index in [-0.39, 0.29) is 16.9 Å². The van der Waals surface area contributed by atoms with Gasteiger partial charge in [-0.25, -0.2) is 4.39 Å². The van der Waals surface area contributed by atoms with Crippen molar-refractivity contribution in [2.45, 2.75) is 12.6 Å². The van der Waals surface area contributed by atoms with Crippen LogP contribution in [0.5, 0.6) is 11.5 Å². The molecule has 0 aromatic heterocycles. The Labute approximate surface area is 84.7 Å². The number of carbonyl (C=O) groups is 1. The van der Waals surface area contributed by atoms with Gasteiger partial charge in [0.05, 0.1) is 5.02 Å². The van der Waals surface area contributed by atoms with Crippen molar-refractivity contribution in [3.63, 3.8) is 0 Å². The fraction of sp³-hybridized carbons (Fsp3) is 0.222. The summed E-state index contributed by atoms with van der Waals surface area (Å²) in [6.45, 7) is 1.01. The molecule has 0 saturated heterocycles. The third kappa shape index (κ3) is 1.80. The molecule has 3 nitrogen and oxygen atoms in total. The van der Waals surface area contributed by atoms with Gasteiger partial charge >= 0.3 is 0 Å². The van der Waals surface area contributed by atoms with Crippen molar-refractivity contribution in [1.29, 1.82) is 0 Å². The zero-order valence-corrected chi connectivity index (χ0v) is 8.05. The van der Waals surface area contributed by atoms with Crippen molar-refractivity contribution < 1.29 is 19.4 Å². The standard InChI is InChI=1S/C9H8ClFO3/c1-9(11,4-12)5-2-7(13)8(14)3-6(5)10/h2-4,13-14H,1H3. The lowest BCUT2D eigenvalue weighted by Gasteiger charge is -2.15. The average molecular weight is 219 g/mol. The van der Waals surface area contributed by atoms with Crippen LogP contribution in [0.25, 0.3) is 0 Å². The molecule has 5 heteroatoms. The Morgan fingerprint density at radius 3 is 2.43 bits per heavy atom. The van der Waals surface area contributed by atoms with Crippen molar-refractivity contribution in [2.24, 2.45) is 0 Å². The molecule has 0 saturated carbocycles. The first kappa shape index (κ1) is 10.8. The van der Waals surface area contributed by atoms with Gasteiger partial charge in [-0.15, -0.1) is 0 Å². The Morgan fingerprint density at radius 2 is 1.93 bits per heavy atom. The van der Waals surface area contributed by atoms with Gasteiger partial charge in [0, 0.05) is 11.6 Å². The highest BCUT2D eigenvalue weighted by Gasteiger charge is 2.28. The van der Waals surface area contributed by atoms with E-state index in [4.69, 9.17) is 21.8 Å². The van der Waals surface area contributed by atoms with E-state index in [9.17, 15) is 9.18 Å². The van der Waals surface area contributed by atoms with E-state index in [2.05, 4.69) is 0 Å². The van der Waals surface area contributed by atoms with Crippen LogP contribution in [0.3, 0.4) is 0 Å². The molecule has 76 valence electrons. The summed E-state index contributed by atoms with van der Waals surface area (Å²) in [5, 5.41) is 18.0. The van der Waals surface area contributed by atoms with Crippen LogP contribution in [0.15, 0.2) is 12.1 Å². The van der Waals surface area contributed by atoms with Gasteiger partial charge in [-0.1, -0.05) is 11.6 Å². The highest BCUT2D eigenvalue weighted by Crippen LogP contribution is 2.37. The van der Waals surface area contributed by atoms with Crippen molar-refractivity contribution in [1.82, 2.24) is 0 Å². The molecule has 0 amide bonds. The van der Waals surface area contributed by atoms with Crippen LogP contribution in [0.2, 0.25) is 5.02 Å². The predicted molar refractivity (Wildman–Crippen MR) is 49.3 cm³/mol. The first-order valence-corrected chi connectivity index (χ1v) is 4.13. The van der Waals surface area contributed by atoms with Crippen LogP contribution in [0, 0.1) is 0 Å². The molecule has 1 aromatic carbocycles. The zero-order chi connectivity index (χ0) is 10.9. The lowest BCUT2D eigenvalue weighted by Crippen LogP contribution is -2.17. The van der Waals surface area contributed by atoms with E-state index >= 15 is 0 Å². The number of benzene rings is 1. The fourth-order valence-corrected chi connectivity index (χ4v) is 1.33. The number of aromatic hydroxyl groups is 2. The summed E-state index contributed by atoms with van der Waals surface area (Å²) in [7, 11) is 0. The molecular formula is C9H8ClFO3. The molecule has 0 spiro atoms. The van der Waals surface area contributed by atoms with Gasteiger partial charge in [0.1, 0.15) is 0 Å². The zero-order valence-electron chi connectivity index (χ0n) is 7.29. The smallest absolute Gasteiger partial charge is 0.189 e. The highest BCUT2D eigenvalue weighted by molar-refractivity contribution is 6.31. The molecule has 1 atom stereocenters. The van der Waals surface area contributed by atoms with Crippen molar-refractivity contribution in [3.05, 3.63) is 22.7 Å². The summed E-state index contributed by atoms with van der Waals surface area (Å²) in [5.74, 6) is -0.976. The molecule has 0 aliphatic carbocycles. The molecule has 0 aliphatic heterocycles. The summed E-state index contributed by atoms with van der Waals surface area (Å²) in [5.41, 5.74) is -2.45. The minimum absolute atomic E-state index is 0.0741. The number of hydrogen-bond donors (Lipinski definition) is 2. The van der Waals surface area contributed by atoms with Gasteiger partial charge in [0.2, 0.25) is 0 Å². The normalized spacial score (nSPS) is 14.8. The van der Waals surface area contributed by atoms with Gasteiger partial charge in [-0.05, 0) is 13.0 Å². The van der Waals surface area contributed by atoms with Crippen LogP contribution < -0.4 is 0 Å². The lowest BCUT2D eigenvalue weighted by atomic mass is 9.99. The maximum atomic E-state index is 13.5. The minimum Gasteiger partial charge on any atom is -0.504 e. The molecule has 1 aromatic rings. The highest BCUT2D eigenvalue weighted by atomic mass is 35.5. The molecule has 0 fully saturated rings. The second-order valence-corrected chi connectivity index (χ2v) is 3.42. The molecule has 0 bridgehead atoms. The van der Waals surface area contributed by atoms with E-state index < -0.39 is 17.2 Å². The third-order valence-electron chi connectivity index (χ3n) is 1.81. The summed E-state index contributed by atoms with van der Waals surface area (Å²) < 4.78 is 13.5. The number of aldehydes is 1. The number of carbonyl (C=O) groups excluding carboxylic acids is 1. The average Bonchev–Trinajstić information content (AvgIpc) is 2.11. The van der Waals surface area contributed by atoms with Gasteiger partial charge in [-0.3, -0.25) is 4.79 Å². The Morgan fingerprint density at radius 1 is 1.43 bits per heavy atom. The Bertz CT molecular complexity index is 377. The Kier molecular flexibility index (Phi) is 2.66. The molecule has 0 aliphatic rings. The molecular weight excluding hydrogens is 211 g/mol. The number of halogens is 2. The van der Waals surface area contributed by atoms with Crippen LogP contribution >= 0.6 is 11.6 Å². The van der Waals surface area contributed by atoms with E-state index in [0.717, 1.165) is 19.1 Å². The first-order chi connectivity index (χ1) is 6.38. The number of hydrogen-bond acceptors (Lipinski definition) is 3. The Hall–Kier alpha value is -1.29. The van der Waals surface area contributed by atoms with E-state index in [1.165, 1.54) is 0 Å². The van der Waals surface area contributed by atoms with Crippen molar-refractivity contribution >= 4 is 17.9 Å². The van der Waals surface area contributed by atoms with Gasteiger partial charge in [-0.2, -0.15) is 0 Å². The van der Waals surface area contributed by atoms with Crippen LogP contribution in [0.4, 0.5) is 4.39 Å². The molecule has 0 radical (unpaired) electrons. The summed E-state index contributed by atoms with van der Waals surface area (Å²) >= 11 is 5.59. The number of rotatable bonds is 2. The van der Waals surface area contributed by atoms with E-state index in [0.29, 0.717) is 0 Å². The van der Waals surface area contributed by atoms with Gasteiger partial charge in [0.15, 0.2) is 23.5 Å². The minimum atomic E-state index is -2.28. The second kappa shape index (κ2) is 3.46. The summed E-state index contributed by atoms with van der Waals surface area (Å²) in [6, 6.07) is 1.90. The molecule has 0 heterocycles. The van der Waals surface area contributed by atoms with E-state index in [1.807, 2.05) is 0 Å². The third-order valence-corrected chi connectivity index (χ3v) is 2.12. The van der Waals surface area contributed by atoms with Crippen molar-refractivity contribution in [2.75, 3.05) is 0 Å². The second-order valence-electron chi connectivity index (χ2n) is 3.01. The Balaban J connectivity index is 3.36. The topological polar surface area (TPSA) is 57.5 Å². The fourth-order valence-electron chi connectivity index (χ4n) is 0.989.